The highest BCUT2D eigenvalue weighted by Crippen LogP contribution is 2.19. The molecule has 0 aromatic carbocycles. The maximum atomic E-state index is 11.5. The Balaban J connectivity index is 3.35. The number of hydrogen-bond acceptors (Lipinski definition) is 3. The molecule has 0 heterocycles. The average Bonchev–Trinajstić information content (AvgIpc) is 1.94. The van der Waals surface area contributed by atoms with Crippen LogP contribution in [0.2, 0.25) is 0 Å². The number of aliphatic hydroxyl groups excluding tert-OH is 2. The molecule has 0 saturated carbocycles. The van der Waals surface area contributed by atoms with Crippen molar-refractivity contribution < 1.29 is 28.1 Å². The van der Waals surface area contributed by atoms with E-state index in [9.17, 15) is 13.2 Å². The van der Waals surface area contributed by atoms with Crippen molar-refractivity contribution in [1.82, 2.24) is 0 Å². The van der Waals surface area contributed by atoms with Gasteiger partial charge in [-0.25, -0.2) is 0 Å². The van der Waals surface area contributed by atoms with Crippen LogP contribution < -0.4 is 0 Å². The van der Waals surface area contributed by atoms with E-state index in [0.29, 0.717) is 19.3 Å². The van der Waals surface area contributed by atoms with Crippen LogP contribution in [0.25, 0.3) is 0 Å². The first-order valence-corrected chi connectivity index (χ1v) is 3.99. The summed E-state index contributed by atoms with van der Waals surface area (Å²) in [7, 11) is 0. The maximum absolute atomic E-state index is 11.5. The normalized spacial score (nSPS) is 14.5. The largest absolute Gasteiger partial charge is 0.524 e. The van der Waals surface area contributed by atoms with Gasteiger partial charge >= 0.3 is 6.36 Å². The van der Waals surface area contributed by atoms with E-state index < -0.39 is 12.7 Å². The lowest BCUT2D eigenvalue weighted by molar-refractivity contribution is -0.373. The third kappa shape index (κ3) is 9.59. The monoisotopic (exact) mass is 202 g/mol. The van der Waals surface area contributed by atoms with Crippen LogP contribution in [-0.2, 0) is 4.74 Å². The predicted molar refractivity (Wildman–Crippen MR) is 38.7 cm³/mol. The molecule has 0 aliphatic carbocycles. The second-order valence-corrected chi connectivity index (χ2v) is 2.59. The van der Waals surface area contributed by atoms with E-state index in [1.54, 1.807) is 0 Å². The van der Waals surface area contributed by atoms with Crippen molar-refractivity contribution in [3.63, 3.8) is 0 Å². The Kier molecular flexibility index (Phi) is 6.02. The highest BCUT2D eigenvalue weighted by Gasteiger charge is 2.32. The molecular weight excluding hydrogens is 189 g/mol. The number of alkyl halides is 3. The summed E-state index contributed by atoms with van der Waals surface area (Å²) in [5.41, 5.74) is 0. The molecule has 1 unspecified atom stereocenters. The zero-order valence-electron chi connectivity index (χ0n) is 7.05. The summed E-state index contributed by atoms with van der Waals surface area (Å²) in [6, 6.07) is 0. The molecule has 0 aliphatic heterocycles. The average molecular weight is 202 g/mol. The number of ether oxygens (including phenoxy) is 1. The molecule has 80 valence electrons. The minimum Gasteiger partial charge on any atom is -0.396 e. The molecular formula is C7H13F3O3. The number of aliphatic hydroxyl groups is 2. The standard InChI is InChI=1S/C7H13F3O3/c8-7(9,10)13-6(12)4-2-1-3-5-11/h6,11-12H,1-5H2. The summed E-state index contributed by atoms with van der Waals surface area (Å²) < 4.78 is 37.7. The van der Waals surface area contributed by atoms with Crippen LogP contribution in [0.3, 0.4) is 0 Å². The lowest BCUT2D eigenvalue weighted by Crippen LogP contribution is -2.23. The summed E-state index contributed by atoms with van der Waals surface area (Å²) in [4.78, 5) is 0. The fraction of sp³-hybridized carbons (Fsp3) is 1.00. The molecule has 0 spiro atoms. The van der Waals surface area contributed by atoms with Gasteiger partial charge in [0.15, 0.2) is 6.29 Å². The predicted octanol–water partition coefficient (Wildman–Crippen LogP) is 1.39. The van der Waals surface area contributed by atoms with Crippen molar-refractivity contribution in [3.8, 4) is 0 Å². The van der Waals surface area contributed by atoms with Gasteiger partial charge in [0.05, 0.1) is 0 Å². The van der Waals surface area contributed by atoms with Crippen molar-refractivity contribution in [2.75, 3.05) is 6.61 Å². The third-order valence-electron chi connectivity index (χ3n) is 1.38. The van der Waals surface area contributed by atoms with E-state index in [-0.39, 0.29) is 13.0 Å². The van der Waals surface area contributed by atoms with Crippen LogP contribution in [-0.4, -0.2) is 29.5 Å². The van der Waals surface area contributed by atoms with Crippen LogP contribution >= 0.6 is 0 Å². The van der Waals surface area contributed by atoms with Crippen molar-refractivity contribution in [2.45, 2.75) is 38.3 Å². The second-order valence-electron chi connectivity index (χ2n) is 2.59. The quantitative estimate of drug-likeness (QED) is 0.505. The minimum atomic E-state index is -4.78. The topological polar surface area (TPSA) is 49.7 Å². The maximum Gasteiger partial charge on any atom is 0.524 e. The Labute approximate surface area is 74.1 Å². The number of halogens is 3. The van der Waals surface area contributed by atoms with Crippen molar-refractivity contribution in [1.29, 1.82) is 0 Å². The molecule has 0 aromatic rings. The molecule has 0 aromatic heterocycles. The first-order chi connectivity index (χ1) is 5.95. The summed E-state index contributed by atoms with van der Waals surface area (Å²) in [6.07, 6.45) is -5.14. The van der Waals surface area contributed by atoms with Gasteiger partial charge in [0.2, 0.25) is 0 Å². The molecule has 0 amide bonds. The number of unbranched alkanes of at least 4 members (excludes halogenated alkanes) is 2. The van der Waals surface area contributed by atoms with Crippen LogP contribution in [0.1, 0.15) is 25.7 Å². The van der Waals surface area contributed by atoms with Crippen LogP contribution in [0.4, 0.5) is 13.2 Å². The fourth-order valence-corrected chi connectivity index (χ4v) is 0.821. The van der Waals surface area contributed by atoms with Gasteiger partial charge < -0.3 is 10.2 Å². The fourth-order valence-electron chi connectivity index (χ4n) is 0.821. The second kappa shape index (κ2) is 6.17. The van der Waals surface area contributed by atoms with Crippen LogP contribution in [0, 0.1) is 0 Å². The van der Waals surface area contributed by atoms with E-state index in [1.807, 2.05) is 0 Å². The molecule has 0 radical (unpaired) electrons. The Morgan fingerprint density at radius 2 is 1.77 bits per heavy atom. The number of hydrogen-bond donors (Lipinski definition) is 2. The lowest BCUT2D eigenvalue weighted by Gasteiger charge is -2.13. The van der Waals surface area contributed by atoms with Gasteiger partial charge in [0, 0.05) is 6.61 Å². The molecule has 2 N–H and O–H groups in total. The van der Waals surface area contributed by atoms with Gasteiger partial charge in [-0.05, 0) is 19.3 Å². The molecule has 0 bridgehead atoms. The first kappa shape index (κ1) is 12.7. The summed E-state index contributed by atoms with van der Waals surface area (Å²) in [5, 5.41) is 17.0. The molecule has 3 nitrogen and oxygen atoms in total. The Morgan fingerprint density at radius 1 is 1.15 bits per heavy atom. The summed E-state index contributed by atoms with van der Waals surface area (Å²) >= 11 is 0. The first-order valence-electron chi connectivity index (χ1n) is 3.99. The molecule has 0 rings (SSSR count). The van der Waals surface area contributed by atoms with Crippen LogP contribution in [0.5, 0.6) is 0 Å². The van der Waals surface area contributed by atoms with E-state index in [2.05, 4.69) is 4.74 Å². The highest BCUT2D eigenvalue weighted by molar-refractivity contribution is 4.46. The SMILES string of the molecule is OCCCCCC(O)OC(F)(F)F. The van der Waals surface area contributed by atoms with Crippen molar-refractivity contribution >= 4 is 0 Å². The lowest BCUT2D eigenvalue weighted by atomic mass is 10.2. The zero-order valence-corrected chi connectivity index (χ0v) is 7.05. The summed E-state index contributed by atoms with van der Waals surface area (Å²) in [5.74, 6) is 0. The van der Waals surface area contributed by atoms with Gasteiger partial charge in [-0.1, -0.05) is 6.42 Å². The van der Waals surface area contributed by atoms with E-state index in [1.165, 1.54) is 0 Å². The molecule has 0 saturated heterocycles. The Morgan fingerprint density at radius 3 is 2.23 bits per heavy atom. The Bertz CT molecular complexity index is 127. The molecule has 1 atom stereocenters. The zero-order chi connectivity index (χ0) is 10.3. The van der Waals surface area contributed by atoms with Gasteiger partial charge in [0.25, 0.3) is 0 Å². The van der Waals surface area contributed by atoms with Gasteiger partial charge in [-0.2, -0.15) is 0 Å². The van der Waals surface area contributed by atoms with Gasteiger partial charge in [0.1, 0.15) is 0 Å². The molecule has 6 heteroatoms. The van der Waals surface area contributed by atoms with Gasteiger partial charge in [-0.15, -0.1) is 13.2 Å². The molecule has 13 heavy (non-hydrogen) atoms. The van der Waals surface area contributed by atoms with E-state index in [4.69, 9.17) is 10.2 Å². The smallest absolute Gasteiger partial charge is 0.396 e. The number of rotatable bonds is 6. The third-order valence-corrected chi connectivity index (χ3v) is 1.38. The molecule has 0 aliphatic rings. The summed E-state index contributed by atoms with van der Waals surface area (Å²) in [6.45, 7) is 0.0101. The minimum absolute atomic E-state index is 0.0101. The molecule has 0 fully saturated rings. The Hall–Kier alpha value is -0.330. The van der Waals surface area contributed by atoms with Crippen molar-refractivity contribution in [2.24, 2.45) is 0 Å². The van der Waals surface area contributed by atoms with E-state index in [0.717, 1.165) is 0 Å². The van der Waals surface area contributed by atoms with E-state index >= 15 is 0 Å². The van der Waals surface area contributed by atoms with Crippen LogP contribution in [0.15, 0.2) is 0 Å². The van der Waals surface area contributed by atoms with Crippen molar-refractivity contribution in [3.05, 3.63) is 0 Å². The van der Waals surface area contributed by atoms with Gasteiger partial charge in [-0.3, -0.25) is 4.74 Å². The highest BCUT2D eigenvalue weighted by atomic mass is 19.4.